The first-order valence-corrected chi connectivity index (χ1v) is 10.1. The summed E-state index contributed by atoms with van der Waals surface area (Å²) < 4.78 is 6.35. The quantitative estimate of drug-likeness (QED) is 0.299. The molecule has 0 aliphatic heterocycles. The fraction of sp³-hybridized carbons (Fsp3) is 0.0833. The van der Waals surface area contributed by atoms with Crippen LogP contribution in [0, 0.1) is 0 Å². The predicted molar refractivity (Wildman–Crippen MR) is 126 cm³/mol. The van der Waals surface area contributed by atoms with Crippen molar-refractivity contribution in [3.63, 3.8) is 0 Å². The van der Waals surface area contributed by atoms with Crippen molar-refractivity contribution in [3.8, 4) is 17.4 Å². The normalized spacial score (nSPS) is 10.9. The maximum absolute atomic E-state index is 13.0. The number of carbonyl (C=O) groups is 1. The van der Waals surface area contributed by atoms with Crippen LogP contribution in [0.25, 0.3) is 16.6 Å². The number of pyridine rings is 2. The number of hydrazone groups is 1. The van der Waals surface area contributed by atoms with Gasteiger partial charge >= 0.3 is 0 Å². The van der Waals surface area contributed by atoms with Crippen molar-refractivity contribution >= 4 is 28.6 Å². The Morgan fingerprint density at radius 2 is 1.82 bits per heavy atom. The molecule has 4 aromatic rings. The number of amides is 1. The molecule has 3 N–H and O–H groups in total. The first-order chi connectivity index (χ1) is 16.1. The largest absolute Gasteiger partial charge is 0.495 e. The van der Waals surface area contributed by atoms with Crippen LogP contribution >= 0.6 is 0 Å². The first-order valence-electron chi connectivity index (χ1n) is 10.1. The van der Waals surface area contributed by atoms with E-state index in [2.05, 4.69) is 20.8 Å². The minimum Gasteiger partial charge on any atom is -0.495 e. The van der Waals surface area contributed by atoms with Gasteiger partial charge in [-0.1, -0.05) is 36.4 Å². The molecule has 0 saturated carbocycles. The van der Waals surface area contributed by atoms with Crippen molar-refractivity contribution < 1.29 is 14.6 Å². The van der Waals surface area contributed by atoms with Crippen LogP contribution in [0.5, 0.6) is 11.6 Å². The summed E-state index contributed by atoms with van der Waals surface area (Å²) in [6.07, 6.45) is 2.83. The van der Waals surface area contributed by atoms with Gasteiger partial charge in [0.15, 0.2) is 0 Å². The van der Waals surface area contributed by atoms with E-state index in [9.17, 15) is 14.7 Å². The van der Waals surface area contributed by atoms with Crippen LogP contribution in [-0.4, -0.2) is 40.4 Å². The van der Waals surface area contributed by atoms with Crippen molar-refractivity contribution in [3.05, 3.63) is 88.8 Å². The maximum atomic E-state index is 13.0. The smallest absolute Gasteiger partial charge is 0.267 e. The Hall–Kier alpha value is -4.66. The lowest BCUT2D eigenvalue weighted by atomic mass is 10.1. The number of para-hydroxylation sites is 2. The standard InChI is InChI=1S/C24H21N5O4/c1-33-20-11-5-4-10-19(20)26-15-22(30)28-27-14-18-16-8-2-3-9-17(16)23(31)29(24(18)32)21-12-6-7-13-25-21/h2-14,26,32H,15H2,1H3,(H,28,30). The van der Waals surface area contributed by atoms with Gasteiger partial charge in [-0.15, -0.1) is 0 Å². The van der Waals surface area contributed by atoms with Gasteiger partial charge in [0, 0.05) is 17.0 Å². The summed E-state index contributed by atoms with van der Waals surface area (Å²) in [5.41, 5.74) is 2.95. The maximum Gasteiger partial charge on any atom is 0.267 e. The Balaban J connectivity index is 1.59. The zero-order chi connectivity index (χ0) is 23.2. The average Bonchev–Trinajstić information content (AvgIpc) is 2.85. The number of carbonyl (C=O) groups excluding carboxylic acids is 1. The lowest BCUT2D eigenvalue weighted by molar-refractivity contribution is -0.119. The van der Waals surface area contributed by atoms with Crippen molar-refractivity contribution in [2.45, 2.75) is 0 Å². The predicted octanol–water partition coefficient (Wildman–Crippen LogP) is 2.66. The third-order valence-corrected chi connectivity index (χ3v) is 4.91. The van der Waals surface area contributed by atoms with Gasteiger partial charge in [-0.2, -0.15) is 5.10 Å². The van der Waals surface area contributed by atoms with E-state index in [1.54, 1.807) is 61.7 Å². The highest BCUT2D eigenvalue weighted by atomic mass is 16.5. The number of anilines is 1. The lowest BCUT2D eigenvalue weighted by Gasteiger charge is -2.12. The van der Waals surface area contributed by atoms with Gasteiger partial charge < -0.3 is 15.2 Å². The molecular formula is C24H21N5O4. The molecule has 0 radical (unpaired) electrons. The molecule has 0 aliphatic carbocycles. The molecule has 1 amide bonds. The third-order valence-electron chi connectivity index (χ3n) is 4.91. The second-order valence-corrected chi connectivity index (χ2v) is 6.96. The summed E-state index contributed by atoms with van der Waals surface area (Å²) >= 11 is 0. The van der Waals surface area contributed by atoms with E-state index in [0.29, 0.717) is 22.2 Å². The molecule has 166 valence electrons. The molecule has 0 atom stereocenters. The van der Waals surface area contributed by atoms with Gasteiger partial charge in [0.2, 0.25) is 5.88 Å². The van der Waals surface area contributed by atoms with Gasteiger partial charge in [0.1, 0.15) is 11.6 Å². The van der Waals surface area contributed by atoms with Crippen molar-refractivity contribution in [2.75, 3.05) is 19.0 Å². The summed E-state index contributed by atoms with van der Waals surface area (Å²) in [4.78, 5) is 29.4. The van der Waals surface area contributed by atoms with E-state index in [4.69, 9.17) is 4.74 Å². The monoisotopic (exact) mass is 443 g/mol. The highest BCUT2D eigenvalue weighted by Crippen LogP contribution is 2.25. The van der Waals surface area contributed by atoms with Crippen LogP contribution in [0.3, 0.4) is 0 Å². The van der Waals surface area contributed by atoms with Crippen molar-refractivity contribution in [1.29, 1.82) is 0 Å². The Labute approximate surface area is 189 Å². The van der Waals surface area contributed by atoms with Gasteiger partial charge in [-0.05, 0) is 30.3 Å². The topological polar surface area (TPSA) is 118 Å². The van der Waals surface area contributed by atoms with E-state index >= 15 is 0 Å². The Kier molecular flexibility index (Phi) is 6.31. The van der Waals surface area contributed by atoms with Crippen LogP contribution < -0.4 is 21.0 Å². The van der Waals surface area contributed by atoms with Crippen LogP contribution in [0.1, 0.15) is 5.56 Å². The molecule has 33 heavy (non-hydrogen) atoms. The van der Waals surface area contributed by atoms with E-state index < -0.39 is 11.5 Å². The van der Waals surface area contributed by atoms with Crippen LogP contribution in [-0.2, 0) is 4.79 Å². The summed E-state index contributed by atoms with van der Waals surface area (Å²) in [5.74, 6) is 0.147. The number of fused-ring (bicyclic) bond motifs is 1. The molecule has 9 heteroatoms. The van der Waals surface area contributed by atoms with E-state index in [1.165, 1.54) is 12.4 Å². The molecule has 2 heterocycles. The third kappa shape index (κ3) is 4.52. The van der Waals surface area contributed by atoms with Gasteiger partial charge in [-0.3, -0.25) is 9.59 Å². The molecule has 0 bridgehead atoms. The number of hydrogen-bond acceptors (Lipinski definition) is 7. The van der Waals surface area contributed by atoms with Crippen LogP contribution in [0.15, 0.2) is 82.8 Å². The zero-order valence-corrected chi connectivity index (χ0v) is 17.7. The molecule has 4 rings (SSSR count). The SMILES string of the molecule is COc1ccccc1NCC(=O)NN=Cc1c(O)n(-c2ccccn2)c(=O)c2ccccc12. The Morgan fingerprint density at radius 1 is 1.09 bits per heavy atom. The number of ether oxygens (including phenoxy) is 1. The van der Waals surface area contributed by atoms with E-state index in [0.717, 1.165) is 4.57 Å². The van der Waals surface area contributed by atoms with Crippen molar-refractivity contribution in [1.82, 2.24) is 15.0 Å². The van der Waals surface area contributed by atoms with E-state index in [1.807, 2.05) is 12.1 Å². The zero-order valence-electron chi connectivity index (χ0n) is 17.7. The van der Waals surface area contributed by atoms with E-state index in [-0.39, 0.29) is 23.8 Å². The molecule has 0 fully saturated rings. The minimum atomic E-state index is -0.413. The highest BCUT2D eigenvalue weighted by Gasteiger charge is 2.16. The number of hydrogen-bond donors (Lipinski definition) is 3. The Morgan fingerprint density at radius 3 is 2.58 bits per heavy atom. The van der Waals surface area contributed by atoms with Gasteiger partial charge in [-0.25, -0.2) is 15.0 Å². The molecule has 9 nitrogen and oxygen atoms in total. The summed E-state index contributed by atoms with van der Waals surface area (Å²) in [6, 6.07) is 19.1. The van der Waals surface area contributed by atoms with Gasteiger partial charge in [0.05, 0.1) is 31.1 Å². The molecule has 2 aromatic carbocycles. The summed E-state index contributed by atoms with van der Waals surface area (Å²) in [6.45, 7) is -0.0438. The average molecular weight is 443 g/mol. The number of rotatable bonds is 7. The molecule has 0 spiro atoms. The molecule has 0 saturated heterocycles. The molecule has 0 aliphatic rings. The summed E-state index contributed by atoms with van der Waals surface area (Å²) in [5, 5.41) is 18.7. The fourth-order valence-electron chi connectivity index (χ4n) is 3.36. The fourth-order valence-corrected chi connectivity index (χ4v) is 3.36. The number of methoxy groups -OCH3 is 1. The number of aromatic nitrogens is 2. The number of nitrogens with zero attached hydrogens (tertiary/aromatic N) is 3. The van der Waals surface area contributed by atoms with Crippen molar-refractivity contribution in [2.24, 2.45) is 5.10 Å². The number of nitrogens with one attached hydrogen (secondary N) is 2. The second kappa shape index (κ2) is 9.65. The molecular weight excluding hydrogens is 422 g/mol. The number of benzene rings is 2. The molecule has 2 aromatic heterocycles. The van der Waals surface area contributed by atoms with Crippen LogP contribution in [0.4, 0.5) is 5.69 Å². The van der Waals surface area contributed by atoms with Crippen LogP contribution in [0.2, 0.25) is 0 Å². The lowest BCUT2D eigenvalue weighted by Crippen LogP contribution is -2.26. The van der Waals surface area contributed by atoms with Gasteiger partial charge in [0.25, 0.3) is 11.5 Å². The highest BCUT2D eigenvalue weighted by molar-refractivity contribution is 6.02. The number of aromatic hydroxyl groups is 1. The minimum absolute atomic E-state index is 0.0438. The Bertz CT molecular complexity index is 1380. The summed E-state index contributed by atoms with van der Waals surface area (Å²) in [7, 11) is 1.55. The molecule has 0 unspecified atom stereocenters. The second-order valence-electron chi connectivity index (χ2n) is 6.96. The first kappa shape index (κ1) is 21.6.